The summed E-state index contributed by atoms with van der Waals surface area (Å²) in [6, 6.07) is 8.07. The summed E-state index contributed by atoms with van der Waals surface area (Å²) in [6.45, 7) is 8.63. The van der Waals surface area contributed by atoms with E-state index in [1.54, 1.807) is 12.0 Å². The maximum absolute atomic E-state index is 11.8. The van der Waals surface area contributed by atoms with Crippen molar-refractivity contribution >= 4 is 12.1 Å². The van der Waals surface area contributed by atoms with E-state index in [-0.39, 0.29) is 6.09 Å². The van der Waals surface area contributed by atoms with Crippen LogP contribution in [0.3, 0.4) is 0 Å². The van der Waals surface area contributed by atoms with Crippen LogP contribution in [0.2, 0.25) is 0 Å². The lowest BCUT2D eigenvalue weighted by Gasteiger charge is -2.35. The normalized spacial score (nSPS) is 15.0. The maximum Gasteiger partial charge on any atom is 0.409 e. The number of benzene rings is 1. The molecule has 0 saturated carbocycles. The van der Waals surface area contributed by atoms with Crippen LogP contribution in [-0.4, -0.2) is 74.8 Å². The molecule has 1 heterocycles. The molecule has 1 aromatic rings. The molecular formula is C19H30N4O3. The van der Waals surface area contributed by atoms with Crippen LogP contribution in [-0.2, 0) is 11.2 Å². The van der Waals surface area contributed by atoms with Gasteiger partial charge in [0.05, 0.1) is 13.7 Å². The summed E-state index contributed by atoms with van der Waals surface area (Å²) in [5.74, 6) is 1.77. The molecule has 1 amide bonds. The van der Waals surface area contributed by atoms with Gasteiger partial charge in [0.1, 0.15) is 5.75 Å². The van der Waals surface area contributed by atoms with Gasteiger partial charge in [-0.15, -0.1) is 0 Å². The van der Waals surface area contributed by atoms with Crippen molar-refractivity contribution in [2.24, 2.45) is 4.99 Å². The van der Waals surface area contributed by atoms with E-state index < -0.39 is 0 Å². The van der Waals surface area contributed by atoms with E-state index in [1.165, 1.54) is 5.56 Å². The number of nitrogens with zero attached hydrogens (tertiary/aromatic N) is 3. The number of guanidine groups is 1. The van der Waals surface area contributed by atoms with Gasteiger partial charge in [0.15, 0.2) is 5.96 Å². The number of rotatable bonds is 6. The topological polar surface area (TPSA) is 66.4 Å². The number of hydrogen-bond donors (Lipinski definition) is 1. The summed E-state index contributed by atoms with van der Waals surface area (Å²) in [5, 5.41) is 3.35. The molecule has 0 radical (unpaired) electrons. The lowest BCUT2D eigenvalue weighted by Crippen LogP contribution is -2.54. The van der Waals surface area contributed by atoms with Crippen molar-refractivity contribution in [3.63, 3.8) is 0 Å². The Kier molecular flexibility index (Phi) is 8.05. The second-order valence-corrected chi connectivity index (χ2v) is 6.01. The summed E-state index contributed by atoms with van der Waals surface area (Å²) in [6.07, 6.45) is 0.627. The van der Waals surface area contributed by atoms with Crippen LogP contribution in [0.1, 0.15) is 19.4 Å². The Morgan fingerprint density at radius 2 is 1.92 bits per heavy atom. The van der Waals surface area contributed by atoms with Gasteiger partial charge in [0.25, 0.3) is 0 Å². The molecule has 0 bridgehead atoms. The second kappa shape index (κ2) is 10.5. The quantitative estimate of drug-likeness (QED) is 0.619. The summed E-state index contributed by atoms with van der Waals surface area (Å²) >= 11 is 0. The molecule has 0 unspecified atom stereocenters. The first-order chi connectivity index (χ1) is 12.7. The number of carbonyl (C=O) groups excluding carboxylic acids is 1. The first kappa shape index (κ1) is 19.9. The maximum atomic E-state index is 11.8. The predicted molar refractivity (Wildman–Crippen MR) is 103 cm³/mol. The average molecular weight is 362 g/mol. The lowest BCUT2D eigenvalue weighted by molar-refractivity contribution is 0.0914. The Balaban J connectivity index is 1.89. The highest BCUT2D eigenvalue weighted by Gasteiger charge is 2.23. The second-order valence-electron chi connectivity index (χ2n) is 6.01. The predicted octanol–water partition coefficient (Wildman–Crippen LogP) is 1.98. The average Bonchev–Trinajstić information content (AvgIpc) is 2.68. The third kappa shape index (κ3) is 5.82. The van der Waals surface area contributed by atoms with Crippen LogP contribution in [0.5, 0.6) is 5.75 Å². The molecule has 1 aliphatic rings. The molecule has 0 aliphatic carbocycles. The number of ether oxygens (including phenoxy) is 2. The molecule has 0 spiro atoms. The van der Waals surface area contributed by atoms with Crippen LogP contribution in [0, 0.1) is 0 Å². The zero-order valence-electron chi connectivity index (χ0n) is 16.0. The van der Waals surface area contributed by atoms with Gasteiger partial charge in [-0.2, -0.15) is 0 Å². The highest BCUT2D eigenvalue weighted by molar-refractivity contribution is 5.80. The Morgan fingerprint density at radius 3 is 2.58 bits per heavy atom. The van der Waals surface area contributed by atoms with Crippen molar-refractivity contribution in [1.29, 1.82) is 0 Å². The van der Waals surface area contributed by atoms with Gasteiger partial charge < -0.3 is 24.6 Å². The molecular weight excluding hydrogens is 332 g/mol. The minimum absolute atomic E-state index is 0.230. The van der Waals surface area contributed by atoms with E-state index in [1.807, 2.05) is 25.1 Å². The fraction of sp³-hybridized carbons (Fsp3) is 0.579. The van der Waals surface area contributed by atoms with Crippen molar-refractivity contribution in [3.8, 4) is 5.75 Å². The molecule has 1 aromatic carbocycles. The molecule has 1 fully saturated rings. The molecule has 0 aromatic heterocycles. The van der Waals surface area contributed by atoms with E-state index in [0.717, 1.165) is 37.8 Å². The molecule has 144 valence electrons. The SMILES string of the molecule is CCNC(=NCCc1cccc(OC)c1)N1CCN(C(=O)OCC)CC1. The van der Waals surface area contributed by atoms with Gasteiger partial charge >= 0.3 is 6.09 Å². The van der Waals surface area contributed by atoms with Gasteiger partial charge in [-0.25, -0.2) is 4.79 Å². The van der Waals surface area contributed by atoms with Gasteiger partial charge in [0.2, 0.25) is 0 Å². The van der Waals surface area contributed by atoms with Crippen LogP contribution in [0.25, 0.3) is 0 Å². The summed E-state index contributed by atoms with van der Waals surface area (Å²) in [5.41, 5.74) is 1.20. The molecule has 7 heteroatoms. The van der Waals surface area contributed by atoms with Crippen LogP contribution in [0.4, 0.5) is 4.79 Å². The minimum atomic E-state index is -0.230. The van der Waals surface area contributed by atoms with Crippen molar-refractivity contribution in [2.75, 3.05) is 53.0 Å². The van der Waals surface area contributed by atoms with Gasteiger partial charge in [-0.1, -0.05) is 12.1 Å². The third-order valence-corrected chi connectivity index (χ3v) is 4.24. The minimum Gasteiger partial charge on any atom is -0.497 e. The molecule has 2 rings (SSSR count). The van der Waals surface area contributed by atoms with E-state index >= 15 is 0 Å². The monoisotopic (exact) mass is 362 g/mol. The van der Waals surface area contributed by atoms with Crippen molar-refractivity contribution in [2.45, 2.75) is 20.3 Å². The summed E-state index contributed by atoms with van der Waals surface area (Å²) < 4.78 is 10.3. The number of hydrogen-bond acceptors (Lipinski definition) is 4. The third-order valence-electron chi connectivity index (χ3n) is 4.24. The summed E-state index contributed by atoms with van der Waals surface area (Å²) in [7, 11) is 1.68. The molecule has 1 aliphatic heterocycles. The van der Waals surface area contributed by atoms with Gasteiger partial charge in [0, 0.05) is 39.3 Å². The van der Waals surface area contributed by atoms with Crippen molar-refractivity contribution in [3.05, 3.63) is 29.8 Å². The zero-order chi connectivity index (χ0) is 18.8. The van der Waals surface area contributed by atoms with Crippen molar-refractivity contribution in [1.82, 2.24) is 15.1 Å². The number of carbonyl (C=O) groups is 1. The highest BCUT2D eigenvalue weighted by Crippen LogP contribution is 2.13. The van der Waals surface area contributed by atoms with Crippen molar-refractivity contribution < 1.29 is 14.3 Å². The smallest absolute Gasteiger partial charge is 0.409 e. The zero-order valence-corrected chi connectivity index (χ0v) is 16.0. The molecule has 1 N–H and O–H groups in total. The first-order valence-electron chi connectivity index (χ1n) is 9.25. The Labute approximate surface area is 156 Å². The number of nitrogens with one attached hydrogen (secondary N) is 1. The van der Waals surface area contributed by atoms with Crippen LogP contribution >= 0.6 is 0 Å². The summed E-state index contributed by atoms with van der Waals surface area (Å²) in [4.78, 5) is 20.5. The van der Waals surface area contributed by atoms with E-state index in [9.17, 15) is 4.79 Å². The highest BCUT2D eigenvalue weighted by atomic mass is 16.6. The molecule has 26 heavy (non-hydrogen) atoms. The molecule has 1 saturated heterocycles. The van der Waals surface area contributed by atoms with E-state index in [2.05, 4.69) is 23.2 Å². The lowest BCUT2D eigenvalue weighted by atomic mass is 10.1. The molecule has 0 atom stereocenters. The number of piperazine rings is 1. The Bertz CT molecular complexity index is 598. The fourth-order valence-corrected chi connectivity index (χ4v) is 2.86. The fourth-order valence-electron chi connectivity index (χ4n) is 2.86. The molecule has 7 nitrogen and oxygen atoms in total. The van der Waals surface area contributed by atoms with Crippen LogP contribution < -0.4 is 10.1 Å². The number of aliphatic imine (C=N–C) groups is 1. The first-order valence-corrected chi connectivity index (χ1v) is 9.25. The van der Waals surface area contributed by atoms with E-state index in [4.69, 9.17) is 14.5 Å². The Morgan fingerprint density at radius 1 is 1.19 bits per heavy atom. The number of amides is 1. The largest absolute Gasteiger partial charge is 0.497 e. The Hall–Kier alpha value is -2.44. The standard InChI is InChI=1S/C19H30N4O3/c1-4-20-18(21-10-9-16-7-6-8-17(15-16)25-3)22-11-13-23(14-12-22)19(24)26-5-2/h6-8,15H,4-5,9-14H2,1-3H3,(H,20,21). The van der Waals surface area contributed by atoms with E-state index in [0.29, 0.717) is 26.2 Å². The number of methoxy groups -OCH3 is 1. The van der Waals surface area contributed by atoms with Gasteiger partial charge in [-0.05, 0) is 38.0 Å². The van der Waals surface area contributed by atoms with Crippen LogP contribution in [0.15, 0.2) is 29.3 Å². The van der Waals surface area contributed by atoms with Gasteiger partial charge in [-0.3, -0.25) is 4.99 Å².